The van der Waals surface area contributed by atoms with Gasteiger partial charge in [0.2, 0.25) is 5.95 Å². The minimum absolute atomic E-state index is 0.00121. The molecule has 0 amide bonds. The van der Waals surface area contributed by atoms with E-state index in [1.54, 1.807) is 7.05 Å². The molecule has 0 saturated heterocycles. The van der Waals surface area contributed by atoms with Crippen molar-refractivity contribution < 1.29 is 51.6 Å². The summed E-state index contributed by atoms with van der Waals surface area (Å²) in [5, 5.41) is 35.2. The summed E-state index contributed by atoms with van der Waals surface area (Å²) in [5.74, 6) is -6.36. The largest absolute Gasteiger partial charge is 0.479 e. The molecule has 194 valence electrons. The molecule has 0 spiro atoms. The predicted molar refractivity (Wildman–Crippen MR) is 114 cm³/mol. The topological polar surface area (TPSA) is 192 Å². The Morgan fingerprint density at radius 2 is 1.72 bits per heavy atom. The summed E-state index contributed by atoms with van der Waals surface area (Å²) in [6, 6.07) is 3.31. The van der Waals surface area contributed by atoms with Crippen LogP contribution >= 0.6 is 0 Å². The molecule has 0 aromatic carbocycles. The number of hydrogen-bond acceptors (Lipinski definition) is 9. The lowest BCUT2D eigenvalue weighted by molar-refractivity contribution is -0.165. The average molecular weight is 532 g/mol. The zero-order chi connectivity index (χ0) is 27.2. The number of nitrogens with one attached hydrogen (secondary N) is 1. The van der Waals surface area contributed by atoms with Crippen molar-refractivity contribution in [3.05, 3.63) is 66.1 Å². The lowest BCUT2D eigenvalue weighted by atomic mass is 10.2. The minimum Gasteiger partial charge on any atom is -0.479 e. The fraction of sp³-hybridized carbons (Fsp3) is 0.200. The number of hydrogen-bond donors (Lipinski definition) is 5. The summed E-state index contributed by atoms with van der Waals surface area (Å²) < 4.78 is 68.7. The van der Waals surface area contributed by atoms with Crippen molar-refractivity contribution in [3.63, 3.8) is 0 Å². The van der Waals surface area contributed by atoms with Crippen LogP contribution in [0.15, 0.2) is 47.9 Å². The van der Waals surface area contributed by atoms with E-state index in [2.05, 4.69) is 15.3 Å². The summed E-state index contributed by atoms with van der Waals surface area (Å²) in [4.78, 5) is 26.0. The Balaban J connectivity index is 0.000000388. The predicted octanol–water partition coefficient (Wildman–Crippen LogP) is 0.196. The molecule has 3 heterocycles. The van der Waals surface area contributed by atoms with E-state index in [0.29, 0.717) is 3.97 Å². The molecule has 3 rings (SSSR count). The van der Waals surface area contributed by atoms with Crippen molar-refractivity contribution in [1.29, 1.82) is 0 Å². The van der Waals surface area contributed by atoms with E-state index in [-0.39, 0.29) is 17.7 Å². The number of aliphatic hydroxyl groups is 2. The Morgan fingerprint density at radius 3 is 2.22 bits per heavy atom. The van der Waals surface area contributed by atoms with Gasteiger partial charge in [0.25, 0.3) is 10.0 Å². The number of pyridine rings is 2. The van der Waals surface area contributed by atoms with Gasteiger partial charge in [0, 0.05) is 30.7 Å². The number of rotatable bonds is 8. The van der Waals surface area contributed by atoms with E-state index in [4.69, 9.17) is 20.4 Å². The number of carboxylic acid groups (broad SMARTS) is 2. The van der Waals surface area contributed by atoms with E-state index in [0.717, 1.165) is 30.9 Å². The maximum Gasteiger partial charge on any atom is 0.335 e. The second kappa shape index (κ2) is 11.7. The minimum atomic E-state index is -4.43. The third kappa shape index (κ3) is 6.22. The molecule has 12 nitrogen and oxygen atoms in total. The SMILES string of the molecule is CNCc1cn(S(=O)(=O)c2cncc(F)c2)c(-c2cccnc2F)c1F.O=C(O)[C@H](O)[C@@H](O)C(=O)O. The monoisotopic (exact) mass is 532 g/mol. The molecule has 3 aromatic rings. The van der Waals surface area contributed by atoms with Crippen molar-refractivity contribution in [2.75, 3.05) is 7.05 Å². The molecule has 16 heteroatoms. The van der Waals surface area contributed by atoms with E-state index >= 15 is 0 Å². The van der Waals surface area contributed by atoms with Gasteiger partial charge in [0.1, 0.15) is 16.4 Å². The molecule has 0 bridgehead atoms. The van der Waals surface area contributed by atoms with Gasteiger partial charge < -0.3 is 25.7 Å². The van der Waals surface area contributed by atoms with Gasteiger partial charge in [-0.2, -0.15) is 4.39 Å². The van der Waals surface area contributed by atoms with Gasteiger partial charge >= 0.3 is 11.9 Å². The molecule has 0 aliphatic carbocycles. The maximum absolute atomic E-state index is 14.9. The van der Waals surface area contributed by atoms with Crippen LogP contribution in [-0.4, -0.2) is 74.0 Å². The summed E-state index contributed by atoms with van der Waals surface area (Å²) in [6.07, 6.45) is -0.590. The van der Waals surface area contributed by atoms with E-state index in [9.17, 15) is 31.2 Å². The quantitative estimate of drug-likeness (QED) is 0.249. The molecule has 36 heavy (non-hydrogen) atoms. The molecule has 5 N–H and O–H groups in total. The average Bonchev–Trinajstić information content (AvgIpc) is 3.15. The highest BCUT2D eigenvalue weighted by molar-refractivity contribution is 7.90. The number of halogens is 3. The van der Waals surface area contributed by atoms with Crippen molar-refractivity contribution in [3.8, 4) is 11.3 Å². The van der Waals surface area contributed by atoms with Crippen LogP contribution < -0.4 is 5.32 Å². The first kappa shape index (κ1) is 28.4. The standard InChI is InChI=1S/C16H13F3N4O2S.C4H6O6/c1-20-6-10-9-23(26(24,25)12-5-11(17)7-21-8-12)15(14(10)18)13-3-2-4-22-16(13)19;5-1(3(7)8)2(6)4(9)10/h2-5,7-9,20H,6H2,1H3;1-2,5-6H,(H,7,8)(H,9,10)/t;1-,2-/m.1/s1. The molecule has 0 unspecified atom stereocenters. The van der Waals surface area contributed by atoms with Crippen molar-refractivity contribution >= 4 is 22.0 Å². The Hall–Kier alpha value is -3.86. The van der Waals surface area contributed by atoms with Crippen LogP contribution in [0.4, 0.5) is 13.2 Å². The van der Waals surface area contributed by atoms with E-state index in [1.165, 1.54) is 12.1 Å². The highest BCUT2D eigenvalue weighted by Crippen LogP contribution is 2.31. The molecule has 3 aromatic heterocycles. The first-order chi connectivity index (χ1) is 16.8. The third-order valence-electron chi connectivity index (χ3n) is 4.41. The third-order valence-corrected chi connectivity index (χ3v) is 6.03. The highest BCUT2D eigenvalue weighted by Gasteiger charge is 2.30. The number of aliphatic carboxylic acids is 2. The smallest absolute Gasteiger partial charge is 0.335 e. The van der Waals surface area contributed by atoms with Crippen molar-refractivity contribution in [2.24, 2.45) is 0 Å². The van der Waals surface area contributed by atoms with Gasteiger partial charge in [-0.1, -0.05) is 0 Å². The fourth-order valence-electron chi connectivity index (χ4n) is 2.73. The van der Waals surface area contributed by atoms with Crippen molar-refractivity contribution in [2.45, 2.75) is 23.6 Å². The number of carbonyl (C=O) groups is 2. The second-order valence-electron chi connectivity index (χ2n) is 6.89. The van der Waals surface area contributed by atoms with Crippen molar-refractivity contribution in [1.82, 2.24) is 19.3 Å². The molecule has 0 radical (unpaired) electrons. The number of aliphatic hydroxyl groups excluding tert-OH is 2. The maximum atomic E-state index is 14.9. The van der Waals surface area contributed by atoms with Gasteiger partial charge in [0.15, 0.2) is 18.0 Å². The molecule has 0 saturated carbocycles. The van der Waals surface area contributed by atoms with Gasteiger partial charge in [-0.3, -0.25) is 4.98 Å². The first-order valence-corrected chi connectivity index (χ1v) is 11.1. The summed E-state index contributed by atoms with van der Waals surface area (Å²) in [5.41, 5.74) is -0.857. The van der Waals surface area contributed by atoms with Crippen LogP contribution in [0, 0.1) is 17.6 Å². The molecule has 0 aliphatic rings. The Morgan fingerprint density at radius 1 is 1.11 bits per heavy atom. The van der Waals surface area contributed by atoms with Gasteiger partial charge in [-0.25, -0.2) is 35.7 Å². The first-order valence-electron chi connectivity index (χ1n) is 9.66. The van der Waals surface area contributed by atoms with Crippen LogP contribution in [0.3, 0.4) is 0 Å². The molecule has 0 aliphatic heterocycles. The lowest BCUT2D eigenvalue weighted by Gasteiger charge is -2.10. The van der Waals surface area contributed by atoms with Crippen LogP contribution in [0.25, 0.3) is 11.3 Å². The summed E-state index contributed by atoms with van der Waals surface area (Å²) >= 11 is 0. The lowest BCUT2D eigenvalue weighted by Crippen LogP contribution is -2.39. The van der Waals surface area contributed by atoms with Crippen LogP contribution in [0.2, 0.25) is 0 Å². The van der Waals surface area contributed by atoms with Crippen LogP contribution in [0.1, 0.15) is 5.56 Å². The normalized spacial score (nSPS) is 12.8. The van der Waals surface area contributed by atoms with Crippen LogP contribution in [0.5, 0.6) is 0 Å². The Labute approximate surface area is 201 Å². The van der Waals surface area contributed by atoms with E-state index in [1.807, 2.05) is 0 Å². The zero-order valence-corrected chi connectivity index (χ0v) is 19.0. The Kier molecular flexibility index (Phi) is 9.23. The van der Waals surface area contributed by atoms with Crippen LogP contribution in [-0.2, 0) is 26.2 Å². The number of aromatic nitrogens is 3. The van der Waals surface area contributed by atoms with Gasteiger partial charge in [-0.15, -0.1) is 0 Å². The molecular weight excluding hydrogens is 513 g/mol. The molecule has 0 fully saturated rings. The van der Waals surface area contributed by atoms with Gasteiger partial charge in [-0.05, 0) is 25.2 Å². The van der Waals surface area contributed by atoms with Gasteiger partial charge in [0.05, 0.1) is 11.8 Å². The number of carboxylic acids is 2. The Bertz CT molecular complexity index is 1350. The molecule has 2 atom stereocenters. The second-order valence-corrected chi connectivity index (χ2v) is 8.71. The summed E-state index contributed by atoms with van der Waals surface area (Å²) in [6.45, 7) is 0.00460. The number of nitrogens with zero attached hydrogens (tertiary/aromatic N) is 3. The molecular formula is C20H19F3N4O8S. The van der Waals surface area contributed by atoms with E-state index < -0.39 is 62.3 Å². The fourth-order valence-corrected chi connectivity index (χ4v) is 4.10. The zero-order valence-electron chi connectivity index (χ0n) is 18.2. The highest BCUT2D eigenvalue weighted by atomic mass is 32.2. The summed E-state index contributed by atoms with van der Waals surface area (Å²) in [7, 11) is -2.88.